The van der Waals surface area contributed by atoms with E-state index in [0.29, 0.717) is 30.2 Å². The minimum absolute atomic E-state index is 0.108. The summed E-state index contributed by atoms with van der Waals surface area (Å²) in [6.07, 6.45) is 1.80. The molecule has 132 valence electrons. The van der Waals surface area contributed by atoms with Crippen LogP contribution in [0, 0.1) is 0 Å². The Hall–Kier alpha value is -3.48. The lowest BCUT2D eigenvalue weighted by molar-refractivity contribution is -0.116. The molecule has 3 N–H and O–H groups in total. The Labute approximate surface area is 150 Å². The fraction of sp³-hybridized carbons (Fsp3) is 0.158. The number of benzene rings is 2. The van der Waals surface area contributed by atoms with Crippen molar-refractivity contribution < 1.29 is 9.59 Å². The smallest absolute Gasteiger partial charge is 0.226 e. The number of carbonyl (C=O) groups is 2. The van der Waals surface area contributed by atoms with Gasteiger partial charge in [0.15, 0.2) is 0 Å². The van der Waals surface area contributed by atoms with Gasteiger partial charge in [0.1, 0.15) is 12.1 Å². The van der Waals surface area contributed by atoms with Gasteiger partial charge in [-0.15, -0.1) is 0 Å². The number of para-hydroxylation sites is 1. The molecular weight excluding hydrogens is 330 g/mol. The third-order valence-corrected chi connectivity index (χ3v) is 3.68. The first kappa shape index (κ1) is 17.3. The fourth-order valence-electron chi connectivity index (χ4n) is 2.50. The third kappa shape index (κ3) is 4.54. The van der Waals surface area contributed by atoms with Crippen molar-refractivity contribution in [2.24, 2.45) is 0 Å². The molecule has 2 aromatic carbocycles. The summed E-state index contributed by atoms with van der Waals surface area (Å²) in [7, 11) is 0. The van der Waals surface area contributed by atoms with Gasteiger partial charge in [0.2, 0.25) is 11.8 Å². The molecule has 7 heteroatoms. The van der Waals surface area contributed by atoms with Crippen LogP contribution in [0.25, 0.3) is 10.9 Å². The van der Waals surface area contributed by atoms with Gasteiger partial charge in [-0.2, -0.15) is 0 Å². The zero-order chi connectivity index (χ0) is 18.4. The third-order valence-electron chi connectivity index (χ3n) is 3.68. The van der Waals surface area contributed by atoms with E-state index in [0.717, 1.165) is 10.9 Å². The molecule has 2 amide bonds. The highest BCUT2D eigenvalue weighted by Crippen LogP contribution is 2.18. The molecule has 1 aromatic heterocycles. The summed E-state index contributed by atoms with van der Waals surface area (Å²) in [5, 5.41) is 9.60. The SMILES string of the molecule is CC(=O)Nc1ccc(NC(=O)CCNc2ncnc3ccccc23)cc1. The van der Waals surface area contributed by atoms with E-state index in [-0.39, 0.29) is 11.8 Å². The second kappa shape index (κ2) is 8.06. The summed E-state index contributed by atoms with van der Waals surface area (Å²) in [4.78, 5) is 31.5. The van der Waals surface area contributed by atoms with Gasteiger partial charge in [0.25, 0.3) is 0 Å². The Morgan fingerprint density at radius 1 is 0.923 bits per heavy atom. The van der Waals surface area contributed by atoms with Gasteiger partial charge in [-0.1, -0.05) is 12.1 Å². The molecule has 0 bridgehead atoms. The van der Waals surface area contributed by atoms with Gasteiger partial charge in [0, 0.05) is 36.7 Å². The fourth-order valence-corrected chi connectivity index (χ4v) is 2.50. The number of nitrogens with one attached hydrogen (secondary N) is 3. The predicted octanol–water partition coefficient (Wildman–Crippen LogP) is 3.03. The number of hydrogen-bond acceptors (Lipinski definition) is 5. The van der Waals surface area contributed by atoms with Gasteiger partial charge in [0.05, 0.1) is 5.52 Å². The number of carbonyl (C=O) groups excluding carboxylic acids is 2. The summed E-state index contributed by atoms with van der Waals surface area (Å²) < 4.78 is 0. The van der Waals surface area contributed by atoms with E-state index in [9.17, 15) is 9.59 Å². The van der Waals surface area contributed by atoms with E-state index < -0.39 is 0 Å². The highest BCUT2D eigenvalue weighted by molar-refractivity contribution is 5.93. The van der Waals surface area contributed by atoms with Crippen molar-refractivity contribution in [1.29, 1.82) is 0 Å². The van der Waals surface area contributed by atoms with Crippen molar-refractivity contribution >= 4 is 39.9 Å². The zero-order valence-corrected chi connectivity index (χ0v) is 14.3. The van der Waals surface area contributed by atoms with Crippen molar-refractivity contribution in [3.8, 4) is 0 Å². The average Bonchev–Trinajstić information content (AvgIpc) is 2.63. The van der Waals surface area contributed by atoms with Gasteiger partial charge in [-0.25, -0.2) is 9.97 Å². The summed E-state index contributed by atoms with van der Waals surface area (Å²) >= 11 is 0. The maximum Gasteiger partial charge on any atom is 0.226 e. The lowest BCUT2D eigenvalue weighted by Gasteiger charge is -2.09. The van der Waals surface area contributed by atoms with E-state index in [2.05, 4.69) is 25.9 Å². The quantitative estimate of drug-likeness (QED) is 0.636. The van der Waals surface area contributed by atoms with Gasteiger partial charge in [-0.3, -0.25) is 9.59 Å². The monoisotopic (exact) mass is 349 g/mol. The van der Waals surface area contributed by atoms with Crippen LogP contribution >= 0.6 is 0 Å². The van der Waals surface area contributed by atoms with E-state index in [1.807, 2.05) is 24.3 Å². The van der Waals surface area contributed by atoms with Crippen LogP contribution in [0.1, 0.15) is 13.3 Å². The van der Waals surface area contributed by atoms with E-state index >= 15 is 0 Å². The van der Waals surface area contributed by atoms with E-state index in [4.69, 9.17) is 0 Å². The highest BCUT2D eigenvalue weighted by Gasteiger charge is 2.05. The van der Waals surface area contributed by atoms with Gasteiger partial charge >= 0.3 is 0 Å². The number of nitrogens with zero attached hydrogens (tertiary/aromatic N) is 2. The van der Waals surface area contributed by atoms with Crippen molar-refractivity contribution in [1.82, 2.24) is 9.97 Å². The Bertz CT molecular complexity index is 919. The molecule has 0 fully saturated rings. The van der Waals surface area contributed by atoms with Crippen molar-refractivity contribution in [2.45, 2.75) is 13.3 Å². The van der Waals surface area contributed by atoms with Crippen LogP contribution in [-0.2, 0) is 9.59 Å². The molecule has 7 nitrogen and oxygen atoms in total. The van der Waals surface area contributed by atoms with Crippen LogP contribution in [0.15, 0.2) is 54.9 Å². The van der Waals surface area contributed by atoms with Crippen molar-refractivity contribution in [3.05, 3.63) is 54.9 Å². The molecule has 0 spiro atoms. The molecular formula is C19H19N5O2. The lowest BCUT2D eigenvalue weighted by Crippen LogP contribution is -2.16. The Kier molecular flexibility index (Phi) is 5.38. The summed E-state index contributed by atoms with van der Waals surface area (Å²) in [6.45, 7) is 1.90. The Morgan fingerprint density at radius 2 is 1.62 bits per heavy atom. The highest BCUT2D eigenvalue weighted by atomic mass is 16.2. The molecule has 0 atom stereocenters. The number of aromatic nitrogens is 2. The number of amides is 2. The second-order valence-electron chi connectivity index (χ2n) is 5.72. The molecule has 0 saturated heterocycles. The van der Waals surface area contributed by atoms with Crippen molar-refractivity contribution in [2.75, 3.05) is 22.5 Å². The largest absolute Gasteiger partial charge is 0.369 e. The molecule has 0 radical (unpaired) electrons. The number of anilines is 3. The molecule has 1 heterocycles. The first-order valence-electron chi connectivity index (χ1n) is 8.23. The van der Waals surface area contributed by atoms with Gasteiger partial charge in [-0.05, 0) is 36.4 Å². The summed E-state index contributed by atoms with van der Waals surface area (Å²) in [5.74, 6) is 0.469. The second-order valence-corrected chi connectivity index (χ2v) is 5.72. The normalized spacial score (nSPS) is 10.3. The molecule has 3 rings (SSSR count). The average molecular weight is 349 g/mol. The molecule has 0 unspecified atom stereocenters. The number of hydrogen-bond donors (Lipinski definition) is 3. The first-order valence-corrected chi connectivity index (χ1v) is 8.23. The minimum Gasteiger partial charge on any atom is -0.369 e. The zero-order valence-electron chi connectivity index (χ0n) is 14.3. The molecule has 0 aliphatic carbocycles. The number of fused-ring (bicyclic) bond motifs is 1. The molecule has 0 saturated carbocycles. The molecule has 26 heavy (non-hydrogen) atoms. The van der Waals surface area contributed by atoms with E-state index in [1.165, 1.54) is 13.3 Å². The minimum atomic E-state index is -0.134. The van der Waals surface area contributed by atoms with Crippen LogP contribution in [0.3, 0.4) is 0 Å². The predicted molar refractivity (Wildman–Crippen MR) is 102 cm³/mol. The molecule has 3 aromatic rings. The van der Waals surface area contributed by atoms with Crippen LogP contribution < -0.4 is 16.0 Å². The van der Waals surface area contributed by atoms with Crippen LogP contribution in [-0.4, -0.2) is 28.3 Å². The summed E-state index contributed by atoms with van der Waals surface area (Å²) in [6, 6.07) is 14.7. The standard InChI is InChI=1S/C19H19N5O2/c1-13(25)23-14-6-8-15(9-7-14)24-18(26)10-11-20-19-16-4-2-3-5-17(16)21-12-22-19/h2-9,12H,10-11H2,1H3,(H,23,25)(H,24,26)(H,20,21,22). The lowest BCUT2D eigenvalue weighted by atomic mass is 10.2. The summed E-state index contributed by atoms with van der Waals surface area (Å²) in [5.41, 5.74) is 2.22. The Balaban J connectivity index is 1.52. The van der Waals surface area contributed by atoms with Crippen LogP contribution in [0.2, 0.25) is 0 Å². The molecule has 0 aliphatic heterocycles. The first-order chi connectivity index (χ1) is 12.6. The van der Waals surface area contributed by atoms with Gasteiger partial charge < -0.3 is 16.0 Å². The maximum atomic E-state index is 12.1. The van der Waals surface area contributed by atoms with Crippen molar-refractivity contribution in [3.63, 3.8) is 0 Å². The van der Waals surface area contributed by atoms with Crippen LogP contribution in [0.4, 0.5) is 17.2 Å². The topological polar surface area (TPSA) is 96.0 Å². The van der Waals surface area contributed by atoms with E-state index in [1.54, 1.807) is 24.3 Å². The Morgan fingerprint density at radius 3 is 2.35 bits per heavy atom. The molecule has 0 aliphatic rings. The van der Waals surface area contributed by atoms with Crippen LogP contribution in [0.5, 0.6) is 0 Å². The maximum absolute atomic E-state index is 12.1. The number of rotatable bonds is 6.